The molecule has 1 aliphatic carbocycles. The van der Waals surface area contributed by atoms with Crippen molar-refractivity contribution >= 4 is 11.7 Å². The quantitative estimate of drug-likeness (QED) is 0.348. The summed E-state index contributed by atoms with van der Waals surface area (Å²) in [5, 5.41) is 10.7. The zero-order chi connectivity index (χ0) is 13.1. The van der Waals surface area contributed by atoms with E-state index in [0.29, 0.717) is 5.69 Å². The molecule has 0 spiro atoms. The molecule has 1 aromatic rings. The predicted octanol–water partition coefficient (Wildman–Crippen LogP) is 2.32. The van der Waals surface area contributed by atoms with Gasteiger partial charge < -0.3 is 4.74 Å². The minimum absolute atomic E-state index is 0.0165. The van der Waals surface area contributed by atoms with Crippen LogP contribution in [0, 0.1) is 10.1 Å². The van der Waals surface area contributed by atoms with E-state index in [1.54, 1.807) is 0 Å². The Kier molecular flexibility index (Phi) is 3.55. The molecular weight excluding hydrogens is 236 g/mol. The van der Waals surface area contributed by atoms with Crippen LogP contribution in [0.15, 0.2) is 12.3 Å². The normalized spacial score (nSPS) is 18.6. The summed E-state index contributed by atoms with van der Waals surface area (Å²) in [6, 6.07) is 1.53. The van der Waals surface area contributed by atoms with E-state index in [1.807, 2.05) is 0 Å². The van der Waals surface area contributed by atoms with E-state index in [0.717, 1.165) is 31.2 Å². The summed E-state index contributed by atoms with van der Waals surface area (Å²) in [5.41, 5.74) is 1.46. The largest absolute Gasteiger partial charge is 0.456 e. The van der Waals surface area contributed by atoms with E-state index in [-0.39, 0.29) is 17.8 Å². The highest BCUT2D eigenvalue weighted by Crippen LogP contribution is 2.31. The fourth-order valence-electron chi connectivity index (χ4n) is 2.20. The molecule has 1 aliphatic rings. The Morgan fingerprint density at radius 1 is 1.56 bits per heavy atom. The number of ether oxygens (including phenoxy) is 1. The van der Waals surface area contributed by atoms with Crippen molar-refractivity contribution in [2.45, 2.75) is 38.7 Å². The first-order valence-electron chi connectivity index (χ1n) is 5.88. The second kappa shape index (κ2) is 5.12. The smallest absolute Gasteiger partial charge is 0.303 e. The summed E-state index contributed by atoms with van der Waals surface area (Å²) < 4.78 is 5.23. The van der Waals surface area contributed by atoms with Gasteiger partial charge >= 0.3 is 5.97 Å². The Bertz CT molecular complexity index is 487. The summed E-state index contributed by atoms with van der Waals surface area (Å²) in [4.78, 5) is 25.4. The van der Waals surface area contributed by atoms with Crippen LogP contribution in [-0.2, 0) is 16.0 Å². The van der Waals surface area contributed by atoms with Crippen LogP contribution in [0.2, 0.25) is 0 Å². The number of rotatable bonds is 2. The first-order chi connectivity index (χ1) is 8.58. The van der Waals surface area contributed by atoms with Gasteiger partial charge in [0, 0.05) is 13.0 Å². The van der Waals surface area contributed by atoms with Gasteiger partial charge in [-0.15, -0.1) is 0 Å². The average Bonchev–Trinajstić information content (AvgIpc) is 2.50. The zero-order valence-corrected chi connectivity index (χ0v) is 10.1. The molecule has 0 aliphatic heterocycles. The number of fused-ring (bicyclic) bond motifs is 1. The van der Waals surface area contributed by atoms with Gasteiger partial charge in [0.2, 0.25) is 0 Å². The second-order valence-corrected chi connectivity index (χ2v) is 4.34. The summed E-state index contributed by atoms with van der Waals surface area (Å²) in [6.45, 7) is 1.36. The van der Waals surface area contributed by atoms with Crippen LogP contribution in [-0.4, -0.2) is 15.9 Å². The topological polar surface area (TPSA) is 82.3 Å². The molecular formula is C12H14N2O4. The molecule has 18 heavy (non-hydrogen) atoms. The van der Waals surface area contributed by atoms with E-state index >= 15 is 0 Å². The van der Waals surface area contributed by atoms with Crippen molar-refractivity contribution in [3.05, 3.63) is 33.6 Å². The van der Waals surface area contributed by atoms with Crippen LogP contribution in [0.4, 0.5) is 5.69 Å². The number of hydrogen-bond donors (Lipinski definition) is 0. The molecule has 0 bridgehead atoms. The third kappa shape index (κ3) is 2.64. The van der Waals surface area contributed by atoms with Crippen molar-refractivity contribution in [3.8, 4) is 0 Å². The number of aromatic nitrogens is 1. The minimum atomic E-state index is -0.459. The van der Waals surface area contributed by atoms with Crippen molar-refractivity contribution in [3.63, 3.8) is 0 Å². The van der Waals surface area contributed by atoms with Gasteiger partial charge in [0.15, 0.2) is 0 Å². The lowest BCUT2D eigenvalue weighted by molar-refractivity contribution is -0.385. The molecule has 2 rings (SSSR count). The van der Waals surface area contributed by atoms with Crippen molar-refractivity contribution < 1.29 is 14.5 Å². The molecule has 0 aromatic carbocycles. The maximum Gasteiger partial charge on any atom is 0.303 e. The summed E-state index contributed by atoms with van der Waals surface area (Å²) in [5.74, 6) is -0.354. The number of nitro groups is 1. The average molecular weight is 250 g/mol. The Morgan fingerprint density at radius 2 is 2.33 bits per heavy atom. The Labute approximate surface area is 104 Å². The number of carbonyl (C=O) groups is 1. The van der Waals surface area contributed by atoms with Gasteiger partial charge in [0.25, 0.3) is 5.69 Å². The molecule has 6 heteroatoms. The Balaban J connectivity index is 2.36. The number of nitrogens with zero attached hydrogens (tertiary/aromatic N) is 2. The molecule has 0 fully saturated rings. The second-order valence-electron chi connectivity index (χ2n) is 4.34. The maximum atomic E-state index is 11.1. The maximum absolute atomic E-state index is 11.1. The van der Waals surface area contributed by atoms with Crippen LogP contribution in [0.25, 0.3) is 0 Å². The standard InChI is InChI=1S/C12H14N2O4/c1-8(15)18-11-5-3-2-4-9-6-10(14(16)17)7-13-12(9)11/h6-7,11H,2-5H2,1H3. The van der Waals surface area contributed by atoms with E-state index in [4.69, 9.17) is 4.74 Å². The van der Waals surface area contributed by atoms with E-state index in [9.17, 15) is 14.9 Å². The number of hydrogen-bond acceptors (Lipinski definition) is 5. The third-order valence-corrected chi connectivity index (χ3v) is 2.97. The minimum Gasteiger partial charge on any atom is -0.456 e. The monoisotopic (exact) mass is 250 g/mol. The number of carbonyl (C=O) groups excluding carboxylic acids is 1. The molecule has 0 radical (unpaired) electrons. The van der Waals surface area contributed by atoms with Crippen molar-refractivity contribution in [2.24, 2.45) is 0 Å². The molecule has 96 valence electrons. The lowest BCUT2D eigenvalue weighted by Crippen LogP contribution is -2.11. The fourth-order valence-corrected chi connectivity index (χ4v) is 2.20. The molecule has 6 nitrogen and oxygen atoms in total. The molecule has 0 saturated carbocycles. The summed E-state index contributed by atoms with van der Waals surface area (Å²) >= 11 is 0. The van der Waals surface area contributed by atoms with Gasteiger partial charge in [0.05, 0.1) is 10.6 Å². The summed E-state index contributed by atoms with van der Waals surface area (Å²) in [6.07, 6.45) is 4.15. The molecule has 1 atom stereocenters. The number of pyridine rings is 1. The highest BCUT2D eigenvalue weighted by molar-refractivity contribution is 5.66. The highest BCUT2D eigenvalue weighted by atomic mass is 16.6. The number of aryl methyl sites for hydroxylation is 1. The SMILES string of the molecule is CC(=O)OC1CCCCc2cc([N+](=O)[O-])cnc21. The van der Waals surface area contributed by atoms with Crippen LogP contribution >= 0.6 is 0 Å². The van der Waals surface area contributed by atoms with Gasteiger partial charge in [-0.05, 0) is 31.2 Å². The molecule has 1 unspecified atom stereocenters. The van der Waals surface area contributed by atoms with Crippen LogP contribution in [0.1, 0.15) is 43.5 Å². The summed E-state index contributed by atoms with van der Waals surface area (Å²) in [7, 11) is 0. The van der Waals surface area contributed by atoms with Gasteiger partial charge in [0.1, 0.15) is 12.3 Å². The van der Waals surface area contributed by atoms with E-state index in [2.05, 4.69) is 4.98 Å². The first-order valence-corrected chi connectivity index (χ1v) is 5.88. The lowest BCUT2D eigenvalue weighted by atomic mass is 10.1. The highest BCUT2D eigenvalue weighted by Gasteiger charge is 2.24. The van der Waals surface area contributed by atoms with Crippen LogP contribution < -0.4 is 0 Å². The predicted molar refractivity (Wildman–Crippen MR) is 63.0 cm³/mol. The molecule has 0 N–H and O–H groups in total. The third-order valence-electron chi connectivity index (χ3n) is 2.97. The Morgan fingerprint density at radius 3 is 3.00 bits per heavy atom. The van der Waals surface area contributed by atoms with Crippen molar-refractivity contribution in [2.75, 3.05) is 0 Å². The van der Waals surface area contributed by atoms with Gasteiger partial charge in [-0.1, -0.05) is 0 Å². The lowest BCUT2D eigenvalue weighted by Gasteiger charge is -2.15. The van der Waals surface area contributed by atoms with Gasteiger partial charge in [-0.2, -0.15) is 0 Å². The van der Waals surface area contributed by atoms with Crippen LogP contribution in [0.5, 0.6) is 0 Å². The van der Waals surface area contributed by atoms with Gasteiger partial charge in [-0.3, -0.25) is 14.9 Å². The zero-order valence-electron chi connectivity index (χ0n) is 10.1. The number of esters is 1. The van der Waals surface area contributed by atoms with Crippen LogP contribution in [0.3, 0.4) is 0 Å². The van der Waals surface area contributed by atoms with Crippen molar-refractivity contribution in [1.82, 2.24) is 4.98 Å². The molecule has 1 aromatic heterocycles. The van der Waals surface area contributed by atoms with E-state index < -0.39 is 4.92 Å². The van der Waals surface area contributed by atoms with Crippen molar-refractivity contribution in [1.29, 1.82) is 0 Å². The fraction of sp³-hybridized carbons (Fsp3) is 0.500. The molecule has 0 saturated heterocycles. The molecule has 0 amide bonds. The first kappa shape index (κ1) is 12.5. The van der Waals surface area contributed by atoms with Gasteiger partial charge in [-0.25, -0.2) is 4.98 Å². The van der Waals surface area contributed by atoms with E-state index in [1.165, 1.54) is 19.2 Å². The molecule has 1 heterocycles. The Hall–Kier alpha value is -1.98.